The van der Waals surface area contributed by atoms with E-state index in [9.17, 15) is 9.59 Å². The number of aryl methyl sites for hydroxylation is 1. The predicted molar refractivity (Wildman–Crippen MR) is 104 cm³/mol. The maximum absolute atomic E-state index is 12.9. The first-order valence-electron chi connectivity index (χ1n) is 9.79. The monoisotopic (exact) mass is 368 g/mol. The van der Waals surface area contributed by atoms with Crippen LogP contribution in [0.1, 0.15) is 49.8 Å². The number of imidazole rings is 1. The Bertz CT molecular complexity index is 891. The lowest BCUT2D eigenvalue weighted by Gasteiger charge is -2.25. The lowest BCUT2D eigenvalue weighted by molar-refractivity contribution is -0.138. The molecule has 2 atom stereocenters. The normalized spacial score (nSPS) is 23.0. The molecule has 0 spiro atoms. The second-order valence-electron chi connectivity index (χ2n) is 9.10. The molecule has 6 nitrogen and oxygen atoms in total. The molecule has 27 heavy (non-hydrogen) atoms. The number of carbonyl (C=O) groups is 2. The van der Waals surface area contributed by atoms with Gasteiger partial charge in [0.2, 0.25) is 5.91 Å². The standard InChI is InChI=1S/C21H28N4O2/c1-12-22-16-8-7-14(9-17(16)23-12)19(26)24-18-11-25(20(27)21(2,3)4)10-15(18)13-5-6-13/h7-9,13,15,18H,5-6,10-11H2,1-4H3,(H,22,23)(H,24,26)/t15-,18+/m1/s1. The number of benzene rings is 1. The number of likely N-dealkylation sites (tertiary alicyclic amines) is 1. The van der Waals surface area contributed by atoms with Crippen LogP contribution in [0.15, 0.2) is 18.2 Å². The van der Waals surface area contributed by atoms with Gasteiger partial charge in [-0.1, -0.05) is 20.8 Å². The lowest BCUT2D eigenvalue weighted by atomic mass is 9.95. The molecule has 6 heteroatoms. The van der Waals surface area contributed by atoms with Crippen molar-refractivity contribution in [3.05, 3.63) is 29.6 Å². The Hall–Kier alpha value is -2.37. The SMILES string of the molecule is Cc1nc2ccc(C(=O)N[C@H]3CN(C(=O)C(C)(C)C)C[C@@H]3C3CC3)cc2[nH]1. The molecule has 2 aromatic rings. The number of hydrogen-bond acceptors (Lipinski definition) is 3. The number of nitrogens with one attached hydrogen (secondary N) is 2. The van der Waals surface area contributed by atoms with Crippen LogP contribution in [0, 0.1) is 24.2 Å². The highest BCUT2D eigenvalue weighted by molar-refractivity contribution is 5.97. The molecule has 144 valence electrons. The molecule has 1 saturated carbocycles. The zero-order valence-corrected chi connectivity index (χ0v) is 16.5. The van der Waals surface area contributed by atoms with Gasteiger partial charge in [-0.3, -0.25) is 9.59 Å². The van der Waals surface area contributed by atoms with Crippen LogP contribution in [0.4, 0.5) is 0 Å². The second kappa shape index (κ2) is 6.36. The van der Waals surface area contributed by atoms with Crippen LogP contribution in [0.5, 0.6) is 0 Å². The van der Waals surface area contributed by atoms with E-state index in [0.717, 1.165) is 23.4 Å². The van der Waals surface area contributed by atoms with Gasteiger partial charge >= 0.3 is 0 Å². The second-order valence-corrected chi connectivity index (χ2v) is 9.10. The summed E-state index contributed by atoms with van der Waals surface area (Å²) in [5.74, 6) is 1.91. The Morgan fingerprint density at radius 1 is 1.22 bits per heavy atom. The molecule has 1 aliphatic carbocycles. The van der Waals surface area contributed by atoms with E-state index >= 15 is 0 Å². The lowest BCUT2D eigenvalue weighted by Crippen LogP contribution is -2.43. The minimum atomic E-state index is -0.392. The molecule has 0 bridgehead atoms. The largest absolute Gasteiger partial charge is 0.347 e. The number of rotatable bonds is 3. The van der Waals surface area contributed by atoms with Gasteiger partial charge in [0, 0.05) is 30.0 Å². The number of carbonyl (C=O) groups excluding carboxylic acids is 2. The summed E-state index contributed by atoms with van der Waals surface area (Å²) in [5, 5.41) is 3.21. The van der Waals surface area contributed by atoms with Gasteiger partial charge in [0.15, 0.2) is 0 Å². The third kappa shape index (κ3) is 3.57. The van der Waals surface area contributed by atoms with Gasteiger partial charge in [0.1, 0.15) is 5.82 Å². The highest BCUT2D eigenvalue weighted by atomic mass is 16.2. The van der Waals surface area contributed by atoms with Gasteiger partial charge in [-0.15, -0.1) is 0 Å². The van der Waals surface area contributed by atoms with Crippen LogP contribution >= 0.6 is 0 Å². The van der Waals surface area contributed by atoms with Crippen LogP contribution < -0.4 is 5.32 Å². The Morgan fingerprint density at radius 3 is 2.63 bits per heavy atom. The molecular formula is C21H28N4O2. The van der Waals surface area contributed by atoms with Gasteiger partial charge in [0.05, 0.1) is 17.1 Å². The Kier molecular flexibility index (Phi) is 4.24. The van der Waals surface area contributed by atoms with Gasteiger partial charge in [0.25, 0.3) is 5.91 Å². The molecule has 2 amide bonds. The van der Waals surface area contributed by atoms with E-state index in [2.05, 4.69) is 15.3 Å². The quantitative estimate of drug-likeness (QED) is 0.874. The number of aromatic nitrogens is 2. The fourth-order valence-corrected chi connectivity index (χ4v) is 4.15. The van der Waals surface area contributed by atoms with Gasteiger partial charge in [-0.2, -0.15) is 0 Å². The predicted octanol–water partition coefficient (Wildman–Crippen LogP) is 2.88. The van der Waals surface area contributed by atoms with E-state index in [1.165, 1.54) is 12.8 Å². The van der Waals surface area contributed by atoms with Crippen LogP contribution in [0.25, 0.3) is 11.0 Å². The topological polar surface area (TPSA) is 78.1 Å². The van der Waals surface area contributed by atoms with Crippen molar-refractivity contribution in [2.75, 3.05) is 13.1 Å². The van der Waals surface area contributed by atoms with Crippen molar-refractivity contribution in [3.8, 4) is 0 Å². The summed E-state index contributed by atoms with van der Waals surface area (Å²) in [7, 11) is 0. The number of amides is 2. The van der Waals surface area contributed by atoms with Gasteiger partial charge in [-0.05, 0) is 43.9 Å². The average molecular weight is 368 g/mol. The molecule has 2 aliphatic rings. The molecule has 2 N–H and O–H groups in total. The third-order valence-electron chi connectivity index (χ3n) is 5.70. The molecule has 2 fully saturated rings. The minimum absolute atomic E-state index is 0.0236. The Morgan fingerprint density at radius 2 is 1.96 bits per heavy atom. The van der Waals surface area contributed by atoms with E-state index in [1.807, 2.05) is 50.8 Å². The van der Waals surface area contributed by atoms with Gasteiger partial charge < -0.3 is 15.2 Å². The number of nitrogens with zero attached hydrogens (tertiary/aromatic N) is 2. The summed E-state index contributed by atoms with van der Waals surface area (Å²) in [6.07, 6.45) is 2.40. The number of fused-ring (bicyclic) bond motifs is 1. The van der Waals surface area contributed by atoms with Crippen molar-refractivity contribution in [3.63, 3.8) is 0 Å². The van der Waals surface area contributed by atoms with Crippen molar-refractivity contribution >= 4 is 22.8 Å². The zero-order valence-electron chi connectivity index (χ0n) is 16.5. The smallest absolute Gasteiger partial charge is 0.251 e. The van der Waals surface area contributed by atoms with Crippen LogP contribution in [-0.2, 0) is 4.79 Å². The highest BCUT2D eigenvalue weighted by Crippen LogP contribution is 2.42. The van der Waals surface area contributed by atoms with E-state index in [1.54, 1.807) is 0 Å². The van der Waals surface area contributed by atoms with Crippen LogP contribution in [-0.4, -0.2) is 45.8 Å². The maximum atomic E-state index is 12.9. The van der Waals surface area contributed by atoms with E-state index in [-0.39, 0.29) is 17.9 Å². The van der Waals surface area contributed by atoms with Crippen molar-refractivity contribution in [2.45, 2.75) is 46.6 Å². The van der Waals surface area contributed by atoms with E-state index < -0.39 is 5.41 Å². The first-order chi connectivity index (χ1) is 12.7. The zero-order chi connectivity index (χ0) is 19.3. The highest BCUT2D eigenvalue weighted by Gasteiger charge is 2.45. The summed E-state index contributed by atoms with van der Waals surface area (Å²) in [6, 6.07) is 5.56. The minimum Gasteiger partial charge on any atom is -0.347 e. The Balaban J connectivity index is 1.50. The summed E-state index contributed by atoms with van der Waals surface area (Å²) in [4.78, 5) is 35.1. The number of H-pyrrole nitrogens is 1. The first kappa shape index (κ1) is 18.0. The number of aromatic amines is 1. The van der Waals surface area contributed by atoms with Crippen molar-refractivity contribution in [2.24, 2.45) is 17.3 Å². The van der Waals surface area contributed by atoms with Crippen LogP contribution in [0.3, 0.4) is 0 Å². The van der Waals surface area contributed by atoms with Crippen LogP contribution in [0.2, 0.25) is 0 Å². The molecule has 0 radical (unpaired) electrons. The third-order valence-corrected chi connectivity index (χ3v) is 5.70. The van der Waals surface area contributed by atoms with E-state index in [4.69, 9.17) is 0 Å². The Labute approximate surface area is 159 Å². The average Bonchev–Trinajstić information content (AvgIpc) is 3.24. The first-order valence-corrected chi connectivity index (χ1v) is 9.79. The molecule has 1 saturated heterocycles. The maximum Gasteiger partial charge on any atom is 0.251 e. The summed E-state index contributed by atoms with van der Waals surface area (Å²) in [6.45, 7) is 9.12. The fourth-order valence-electron chi connectivity index (χ4n) is 4.15. The van der Waals surface area contributed by atoms with Crippen molar-refractivity contribution in [1.82, 2.24) is 20.2 Å². The molecule has 1 aromatic heterocycles. The molecule has 0 unspecified atom stereocenters. The molecule has 4 rings (SSSR count). The molecule has 2 heterocycles. The van der Waals surface area contributed by atoms with E-state index in [0.29, 0.717) is 23.9 Å². The van der Waals surface area contributed by atoms with Crippen molar-refractivity contribution < 1.29 is 9.59 Å². The summed E-state index contributed by atoms with van der Waals surface area (Å²) in [5.41, 5.74) is 1.97. The molecule has 1 aliphatic heterocycles. The summed E-state index contributed by atoms with van der Waals surface area (Å²) >= 11 is 0. The fraction of sp³-hybridized carbons (Fsp3) is 0.571. The molecular weight excluding hydrogens is 340 g/mol. The molecule has 1 aromatic carbocycles. The number of hydrogen-bond donors (Lipinski definition) is 2. The van der Waals surface area contributed by atoms with Gasteiger partial charge in [-0.25, -0.2) is 4.98 Å². The summed E-state index contributed by atoms with van der Waals surface area (Å²) < 4.78 is 0. The van der Waals surface area contributed by atoms with Crippen molar-refractivity contribution in [1.29, 1.82) is 0 Å².